The Morgan fingerprint density at radius 2 is 2.27 bits per heavy atom. The van der Waals surface area contributed by atoms with Gasteiger partial charge < -0.3 is 10.8 Å². The number of rotatable bonds is 3. The summed E-state index contributed by atoms with van der Waals surface area (Å²) in [7, 11) is 0. The number of nitrogen functional groups attached to an aromatic ring is 1. The summed E-state index contributed by atoms with van der Waals surface area (Å²) in [5, 5.41) is 8.35. The second-order valence-corrected chi connectivity index (χ2v) is 3.13. The number of aromatic nitrogens is 1. The van der Waals surface area contributed by atoms with Crippen molar-refractivity contribution in [2.75, 3.05) is 5.73 Å². The fraction of sp³-hybridized carbons (Fsp3) is 0.250. The molecule has 4 nitrogen and oxygen atoms in total. The molecule has 15 heavy (non-hydrogen) atoms. The Labute approximate surface area is 88.7 Å². The predicted octanol–water partition coefficient (Wildman–Crippen LogP) is 1.88. The van der Waals surface area contributed by atoms with Crippen LogP contribution >= 0.6 is 11.6 Å². The molecule has 1 aromatic rings. The van der Waals surface area contributed by atoms with Crippen LogP contribution in [0.15, 0.2) is 6.20 Å². The van der Waals surface area contributed by atoms with Crippen molar-refractivity contribution in [3.63, 3.8) is 0 Å². The summed E-state index contributed by atoms with van der Waals surface area (Å²) >= 11 is 5.50. The zero-order valence-corrected chi connectivity index (χ0v) is 8.13. The second kappa shape index (κ2) is 4.39. The first kappa shape index (κ1) is 11.6. The van der Waals surface area contributed by atoms with E-state index in [0.717, 1.165) is 6.20 Å². The molecule has 0 aliphatic heterocycles. The summed E-state index contributed by atoms with van der Waals surface area (Å²) in [4.78, 5) is 13.9. The summed E-state index contributed by atoms with van der Waals surface area (Å²) in [5.74, 6) is -1.26. The van der Waals surface area contributed by atoms with E-state index in [2.05, 4.69) is 4.98 Å². The van der Waals surface area contributed by atoms with Crippen LogP contribution in [0.4, 0.5) is 14.5 Å². The van der Waals surface area contributed by atoms with Crippen molar-refractivity contribution in [3.8, 4) is 0 Å². The van der Waals surface area contributed by atoms with Crippen molar-refractivity contribution in [1.82, 2.24) is 4.98 Å². The van der Waals surface area contributed by atoms with E-state index in [4.69, 9.17) is 22.4 Å². The van der Waals surface area contributed by atoms with Crippen molar-refractivity contribution in [3.05, 3.63) is 22.5 Å². The molecule has 0 radical (unpaired) electrons. The quantitative estimate of drug-likeness (QED) is 0.786. The first-order valence-corrected chi connectivity index (χ1v) is 4.24. The third-order valence-corrected chi connectivity index (χ3v) is 2.08. The predicted molar refractivity (Wildman–Crippen MR) is 50.0 cm³/mol. The van der Waals surface area contributed by atoms with Crippen molar-refractivity contribution in [2.45, 2.75) is 12.8 Å². The molecule has 0 saturated heterocycles. The molecule has 0 aromatic carbocycles. The van der Waals surface area contributed by atoms with E-state index in [1.807, 2.05) is 0 Å². The number of hydrogen-bond donors (Lipinski definition) is 2. The minimum atomic E-state index is -2.83. The smallest absolute Gasteiger partial charge is 0.307 e. The number of anilines is 1. The lowest BCUT2D eigenvalue weighted by Crippen LogP contribution is -2.09. The number of carboxylic acid groups (broad SMARTS) is 1. The maximum Gasteiger partial charge on any atom is 0.307 e. The average molecular weight is 237 g/mol. The monoisotopic (exact) mass is 236 g/mol. The second-order valence-electron chi connectivity index (χ2n) is 2.77. The molecular formula is C8H7ClF2N2O2. The average Bonchev–Trinajstić information content (AvgIpc) is 2.12. The standard InChI is InChI=1S/C8H7ClF2N2O2/c9-7-6(12)3(1-5(14)15)4(2-13-7)8(10)11/h2,8H,1,12H2,(H,14,15). The van der Waals surface area contributed by atoms with Crippen LogP contribution < -0.4 is 5.73 Å². The number of alkyl halides is 2. The third kappa shape index (κ3) is 2.53. The number of carbonyl (C=O) groups is 1. The molecule has 0 fully saturated rings. The van der Waals surface area contributed by atoms with E-state index in [1.54, 1.807) is 0 Å². The largest absolute Gasteiger partial charge is 0.481 e. The summed E-state index contributed by atoms with van der Waals surface area (Å²) in [5.41, 5.74) is 4.48. The molecule has 1 rings (SSSR count). The van der Waals surface area contributed by atoms with Crippen LogP contribution in [0.25, 0.3) is 0 Å². The van der Waals surface area contributed by atoms with Crippen LogP contribution in [-0.2, 0) is 11.2 Å². The van der Waals surface area contributed by atoms with Gasteiger partial charge in [0.25, 0.3) is 6.43 Å². The number of hydrogen-bond acceptors (Lipinski definition) is 3. The van der Waals surface area contributed by atoms with E-state index in [-0.39, 0.29) is 16.4 Å². The summed E-state index contributed by atoms with van der Waals surface area (Å²) in [6.07, 6.45) is -2.60. The number of carboxylic acids is 1. The van der Waals surface area contributed by atoms with Gasteiger partial charge >= 0.3 is 5.97 Å². The SMILES string of the molecule is Nc1c(Cl)ncc(C(F)F)c1CC(=O)O. The van der Waals surface area contributed by atoms with Crippen molar-refractivity contribution in [1.29, 1.82) is 0 Å². The highest BCUT2D eigenvalue weighted by molar-refractivity contribution is 6.32. The van der Waals surface area contributed by atoms with Crippen LogP contribution in [0.1, 0.15) is 17.6 Å². The molecule has 7 heteroatoms. The lowest BCUT2D eigenvalue weighted by molar-refractivity contribution is -0.136. The van der Waals surface area contributed by atoms with Gasteiger partial charge in [0, 0.05) is 11.8 Å². The van der Waals surface area contributed by atoms with Crippen LogP contribution in [0, 0.1) is 0 Å². The molecule has 0 atom stereocenters. The fourth-order valence-corrected chi connectivity index (χ4v) is 1.25. The topological polar surface area (TPSA) is 76.2 Å². The highest BCUT2D eigenvalue weighted by Gasteiger charge is 2.19. The maximum atomic E-state index is 12.5. The Hall–Kier alpha value is -1.43. The highest BCUT2D eigenvalue weighted by atomic mass is 35.5. The number of pyridine rings is 1. The van der Waals surface area contributed by atoms with Crippen LogP contribution in [0.3, 0.4) is 0 Å². The van der Waals surface area contributed by atoms with E-state index in [1.165, 1.54) is 0 Å². The van der Waals surface area contributed by atoms with Gasteiger partial charge in [-0.3, -0.25) is 4.79 Å². The van der Waals surface area contributed by atoms with Gasteiger partial charge in [-0.1, -0.05) is 11.6 Å². The van der Waals surface area contributed by atoms with Gasteiger partial charge in [0.15, 0.2) is 5.15 Å². The Kier molecular flexibility index (Phi) is 3.41. The van der Waals surface area contributed by atoms with Crippen molar-refractivity contribution >= 4 is 23.3 Å². The Morgan fingerprint density at radius 1 is 1.67 bits per heavy atom. The van der Waals surface area contributed by atoms with Crippen LogP contribution in [0.2, 0.25) is 5.15 Å². The van der Waals surface area contributed by atoms with Gasteiger partial charge in [-0.05, 0) is 5.56 Å². The molecule has 0 aliphatic carbocycles. The van der Waals surface area contributed by atoms with Gasteiger partial charge in [-0.15, -0.1) is 0 Å². The van der Waals surface area contributed by atoms with E-state index >= 15 is 0 Å². The molecule has 0 unspecified atom stereocenters. The molecule has 0 spiro atoms. The van der Waals surface area contributed by atoms with E-state index in [9.17, 15) is 13.6 Å². The number of halogens is 3. The number of nitrogens with zero attached hydrogens (tertiary/aromatic N) is 1. The molecular weight excluding hydrogens is 230 g/mol. The summed E-state index contributed by atoms with van der Waals surface area (Å²) in [6.45, 7) is 0. The summed E-state index contributed by atoms with van der Waals surface area (Å²) in [6, 6.07) is 0. The molecule has 1 heterocycles. The molecule has 82 valence electrons. The highest BCUT2D eigenvalue weighted by Crippen LogP contribution is 2.30. The van der Waals surface area contributed by atoms with Gasteiger partial charge in [0.05, 0.1) is 12.1 Å². The van der Waals surface area contributed by atoms with Crippen LogP contribution in [0.5, 0.6) is 0 Å². The minimum Gasteiger partial charge on any atom is -0.481 e. The molecule has 1 aromatic heterocycles. The van der Waals surface area contributed by atoms with Gasteiger partial charge in [-0.25, -0.2) is 13.8 Å². The maximum absolute atomic E-state index is 12.5. The Morgan fingerprint density at radius 3 is 2.73 bits per heavy atom. The summed E-state index contributed by atoms with van der Waals surface area (Å²) < 4.78 is 24.9. The van der Waals surface area contributed by atoms with Crippen molar-refractivity contribution < 1.29 is 18.7 Å². The van der Waals surface area contributed by atoms with Gasteiger partial charge in [0.1, 0.15) is 0 Å². The Balaban J connectivity index is 3.28. The number of aliphatic carboxylic acids is 1. The minimum absolute atomic E-state index is 0.171. The lowest BCUT2D eigenvalue weighted by atomic mass is 10.1. The molecule has 0 aliphatic rings. The molecule has 0 amide bonds. The van der Waals surface area contributed by atoms with Gasteiger partial charge in [-0.2, -0.15) is 0 Å². The third-order valence-electron chi connectivity index (χ3n) is 1.78. The fourth-order valence-electron chi connectivity index (χ4n) is 1.09. The first-order valence-electron chi connectivity index (χ1n) is 3.86. The van der Waals surface area contributed by atoms with E-state index < -0.39 is 24.4 Å². The molecule has 0 bridgehead atoms. The Bertz CT molecular complexity index is 398. The molecule has 0 saturated carbocycles. The lowest BCUT2D eigenvalue weighted by Gasteiger charge is -2.10. The first-order chi connectivity index (χ1) is 6.93. The molecule has 3 N–H and O–H groups in total. The normalized spacial score (nSPS) is 10.7. The van der Waals surface area contributed by atoms with Crippen molar-refractivity contribution in [2.24, 2.45) is 0 Å². The van der Waals surface area contributed by atoms with Crippen LogP contribution in [-0.4, -0.2) is 16.1 Å². The van der Waals surface area contributed by atoms with Gasteiger partial charge in [0.2, 0.25) is 0 Å². The number of nitrogens with two attached hydrogens (primary N) is 1. The zero-order chi connectivity index (χ0) is 11.6. The zero-order valence-electron chi connectivity index (χ0n) is 7.38. The van der Waals surface area contributed by atoms with E-state index in [0.29, 0.717) is 0 Å².